The van der Waals surface area contributed by atoms with Gasteiger partial charge in [-0.3, -0.25) is 4.79 Å². The van der Waals surface area contributed by atoms with Crippen LogP contribution in [0.15, 0.2) is 24.3 Å². The number of aldehydes is 1. The summed E-state index contributed by atoms with van der Waals surface area (Å²) in [5.41, 5.74) is -0.504. The topological polar surface area (TPSA) is 17.1 Å². The molecule has 0 amide bonds. The first-order chi connectivity index (χ1) is 5.54. The predicted octanol–water partition coefficient (Wildman–Crippen LogP) is 2.52. The second-order valence-electron chi connectivity index (χ2n) is 2.24. The van der Waals surface area contributed by atoms with E-state index in [1.54, 1.807) is 0 Å². The van der Waals surface area contributed by atoms with Crippen molar-refractivity contribution in [1.29, 1.82) is 0 Å². The minimum absolute atomic E-state index is 0.239. The zero-order chi connectivity index (χ0) is 9.19. The summed E-state index contributed by atoms with van der Waals surface area (Å²) in [5, 5.41) is 0. The zero-order valence-electron chi connectivity index (χ0n) is 5.93. The molecule has 0 heterocycles. The first-order valence-corrected chi connectivity index (χ1v) is 3.16. The molecule has 1 aromatic carbocycles. The molecule has 0 unspecified atom stereocenters. The molecule has 64 valence electrons. The average molecular weight is 173 g/mol. The molecule has 1 rings (SSSR count). The van der Waals surface area contributed by atoms with Gasteiger partial charge < -0.3 is 0 Å². The molecule has 4 heteroatoms. The van der Waals surface area contributed by atoms with Gasteiger partial charge in [-0.1, -0.05) is 12.1 Å². The Kier molecular flexibility index (Phi) is 2.17. The van der Waals surface area contributed by atoms with Crippen molar-refractivity contribution < 1.29 is 18.0 Å². The summed E-state index contributed by atoms with van der Waals surface area (Å²) in [4.78, 5) is 10.1. The van der Waals surface area contributed by atoms with Crippen molar-refractivity contribution in [1.82, 2.24) is 0 Å². The van der Waals surface area contributed by atoms with E-state index in [2.05, 4.69) is 0 Å². The highest BCUT2D eigenvalue weighted by Gasteiger charge is 2.29. The van der Waals surface area contributed by atoms with Crippen LogP contribution in [0.25, 0.3) is 0 Å². The first-order valence-electron chi connectivity index (χ1n) is 3.16. The van der Waals surface area contributed by atoms with E-state index in [9.17, 15) is 18.0 Å². The largest absolute Gasteiger partial charge is 0.416 e. The van der Waals surface area contributed by atoms with Crippen molar-refractivity contribution in [2.24, 2.45) is 0 Å². The fourth-order valence-electron chi connectivity index (χ4n) is 0.751. The van der Waals surface area contributed by atoms with E-state index >= 15 is 0 Å². The number of carbonyl (C=O) groups is 1. The number of hydrogen-bond acceptors (Lipinski definition) is 1. The summed E-state index contributed by atoms with van der Waals surface area (Å²) in [6.45, 7) is 0. The van der Waals surface area contributed by atoms with E-state index in [0.717, 1.165) is 24.3 Å². The van der Waals surface area contributed by atoms with Crippen LogP contribution < -0.4 is 0 Å². The van der Waals surface area contributed by atoms with Crippen LogP contribution in [0, 0.1) is 0 Å². The Hall–Kier alpha value is -1.32. The second kappa shape index (κ2) is 2.97. The molecular weight excluding hydrogens is 168 g/mol. The van der Waals surface area contributed by atoms with E-state index in [-0.39, 0.29) is 5.56 Å². The molecule has 0 atom stereocenters. The maximum atomic E-state index is 11.9. The molecular formula is C8H5F3O. The number of benzene rings is 1. The van der Waals surface area contributed by atoms with Crippen LogP contribution >= 0.6 is 0 Å². The van der Waals surface area contributed by atoms with Crippen LogP contribution in [0.2, 0.25) is 0 Å². The van der Waals surface area contributed by atoms with Crippen molar-refractivity contribution >= 4 is 6.29 Å². The Morgan fingerprint density at radius 3 is 1.92 bits per heavy atom. The molecule has 0 aliphatic heterocycles. The lowest BCUT2D eigenvalue weighted by Crippen LogP contribution is -2.04. The van der Waals surface area contributed by atoms with Crippen LogP contribution in [0.3, 0.4) is 0 Å². The molecule has 0 bridgehead atoms. The summed E-state index contributed by atoms with van der Waals surface area (Å²) in [6.07, 6.45) is -3.83. The molecule has 0 radical (unpaired) electrons. The van der Waals surface area contributed by atoms with Crippen LogP contribution in [0.4, 0.5) is 13.2 Å². The van der Waals surface area contributed by atoms with E-state index in [1.165, 1.54) is 0 Å². The van der Waals surface area contributed by atoms with Gasteiger partial charge in [-0.2, -0.15) is 13.2 Å². The molecule has 12 heavy (non-hydrogen) atoms. The third-order valence-electron chi connectivity index (χ3n) is 1.37. The van der Waals surface area contributed by atoms with Crippen molar-refractivity contribution in [2.75, 3.05) is 0 Å². The van der Waals surface area contributed by atoms with Crippen LogP contribution in [0.1, 0.15) is 15.9 Å². The van der Waals surface area contributed by atoms with Gasteiger partial charge in [0, 0.05) is 5.56 Å². The molecule has 1 nitrogen and oxygen atoms in total. The molecule has 0 N–H and O–H groups in total. The van der Waals surface area contributed by atoms with Crippen molar-refractivity contribution in [3.63, 3.8) is 0 Å². The van der Waals surface area contributed by atoms with Gasteiger partial charge in [-0.25, -0.2) is 0 Å². The van der Waals surface area contributed by atoms with Crippen LogP contribution in [-0.4, -0.2) is 6.29 Å². The molecule has 0 saturated heterocycles. The van der Waals surface area contributed by atoms with Gasteiger partial charge in [-0.15, -0.1) is 0 Å². The molecule has 0 aliphatic carbocycles. The molecule has 1 aromatic rings. The number of hydrogen-bond donors (Lipinski definition) is 0. The highest BCUT2D eigenvalue weighted by atomic mass is 19.3. The van der Waals surface area contributed by atoms with Crippen molar-refractivity contribution in [2.45, 2.75) is 6.18 Å². The van der Waals surface area contributed by atoms with E-state index in [4.69, 9.17) is 0 Å². The Balaban J connectivity index is 3.00. The number of alkyl halides is 3. The zero-order valence-corrected chi connectivity index (χ0v) is 5.93. The number of rotatable bonds is 1. The van der Waals surface area contributed by atoms with Gasteiger partial charge in [0.15, 0.2) is 0 Å². The quantitative estimate of drug-likeness (QED) is 0.596. The lowest BCUT2D eigenvalue weighted by atomic mass is 10.1. The van der Waals surface area contributed by atoms with E-state index in [1.807, 2.05) is 0 Å². The maximum Gasteiger partial charge on any atom is 0.416 e. The Morgan fingerprint density at radius 1 is 1.08 bits per heavy atom. The Labute approximate surface area is 66.8 Å². The van der Waals surface area contributed by atoms with Crippen LogP contribution in [0.5, 0.6) is 0 Å². The predicted molar refractivity (Wildman–Crippen MR) is 36.8 cm³/mol. The highest BCUT2D eigenvalue weighted by molar-refractivity contribution is 5.74. The first kappa shape index (κ1) is 8.77. The van der Waals surface area contributed by atoms with Gasteiger partial charge in [0.1, 0.15) is 6.29 Å². The summed E-state index contributed by atoms with van der Waals surface area (Å²) in [6, 6.07) is 4.03. The number of halogens is 3. The minimum Gasteiger partial charge on any atom is -0.298 e. The summed E-state index contributed by atoms with van der Waals surface area (Å²) < 4.78 is 35.8. The molecule has 0 saturated carbocycles. The molecule has 0 spiro atoms. The smallest absolute Gasteiger partial charge is 0.298 e. The van der Waals surface area contributed by atoms with Gasteiger partial charge in [0.05, 0.1) is 5.56 Å². The minimum atomic E-state index is -4.33. The van der Waals surface area contributed by atoms with Gasteiger partial charge in [0.25, 0.3) is 0 Å². The van der Waals surface area contributed by atoms with Gasteiger partial charge in [0.2, 0.25) is 0 Å². The van der Waals surface area contributed by atoms with Crippen LogP contribution in [-0.2, 0) is 6.18 Å². The lowest BCUT2D eigenvalue weighted by Gasteiger charge is -2.04. The fourth-order valence-corrected chi connectivity index (χ4v) is 0.751. The lowest BCUT2D eigenvalue weighted by molar-refractivity contribution is -0.137. The standard InChI is InChI=1S/C8H5F3O/c9-8(10,11)7-3-1-6(5-12)2-4-7/h1-5H/i9-1. The van der Waals surface area contributed by atoms with Crippen molar-refractivity contribution in [3.05, 3.63) is 35.4 Å². The van der Waals surface area contributed by atoms with E-state index in [0.29, 0.717) is 6.29 Å². The normalized spacial score (nSPS) is 11.2. The summed E-state index contributed by atoms with van der Waals surface area (Å²) in [5.74, 6) is 0. The van der Waals surface area contributed by atoms with Gasteiger partial charge >= 0.3 is 6.18 Å². The molecule has 0 fully saturated rings. The maximum absolute atomic E-state index is 11.9. The Morgan fingerprint density at radius 2 is 1.58 bits per heavy atom. The van der Waals surface area contributed by atoms with E-state index < -0.39 is 11.7 Å². The average Bonchev–Trinajstić information content (AvgIpc) is 2.03. The van der Waals surface area contributed by atoms with Crippen molar-refractivity contribution in [3.8, 4) is 0 Å². The number of carbonyl (C=O) groups excluding carboxylic acids is 1. The monoisotopic (exact) mass is 173 g/mol. The molecule has 0 aliphatic rings. The summed E-state index contributed by atoms with van der Waals surface area (Å²) in [7, 11) is 0. The Bertz CT molecular complexity index is 273. The SMILES string of the molecule is O=Cc1ccc(C(F)(F)[18F])cc1. The fraction of sp³-hybridized carbons (Fsp3) is 0.125. The molecule has 0 aromatic heterocycles. The summed E-state index contributed by atoms with van der Waals surface area (Å²) >= 11 is 0. The highest BCUT2D eigenvalue weighted by Crippen LogP contribution is 2.28. The third-order valence-corrected chi connectivity index (χ3v) is 1.37. The third kappa shape index (κ3) is 1.84. The second-order valence-corrected chi connectivity index (χ2v) is 2.24. The van der Waals surface area contributed by atoms with Gasteiger partial charge in [-0.05, 0) is 12.1 Å².